The molecule has 3 atom stereocenters. The number of hydrogen-bond donors (Lipinski definition) is 2. The van der Waals surface area contributed by atoms with Gasteiger partial charge in [0.15, 0.2) is 0 Å². The van der Waals surface area contributed by atoms with Gasteiger partial charge in [0.2, 0.25) is 0 Å². The molecule has 1 aromatic rings. The van der Waals surface area contributed by atoms with Gasteiger partial charge < -0.3 is 10.8 Å². The molecule has 1 rings (SSSR count). The molecule has 15 heavy (non-hydrogen) atoms. The summed E-state index contributed by atoms with van der Waals surface area (Å²) in [5.41, 5.74) is 6.86. The van der Waals surface area contributed by atoms with Crippen molar-refractivity contribution in [1.29, 1.82) is 0 Å². The molecule has 0 saturated carbocycles. The lowest BCUT2D eigenvalue weighted by Gasteiger charge is -2.14. The second-order valence-electron chi connectivity index (χ2n) is 3.78. The fourth-order valence-electron chi connectivity index (χ4n) is 1.06. The second-order valence-corrected chi connectivity index (χ2v) is 5.18. The van der Waals surface area contributed by atoms with Crippen molar-refractivity contribution in [3.8, 4) is 0 Å². The van der Waals surface area contributed by atoms with E-state index in [-0.39, 0.29) is 17.4 Å². The van der Waals surface area contributed by atoms with Crippen LogP contribution in [0.2, 0.25) is 0 Å². The van der Waals surface area contributed by atoms with Gasteiger partial charge in [0.25, 0.3) is 0 Å². The molecule has 0 aliphatic rings. The predicted molar refractivity (Wildman–Crippen MR) is 63.8 cm³/mol. The van der Waals surface area contributed by atoms with E-state index in [1.165, 1.54) is 0 Å². The molecule has 1 aromatic heterocycles. The molecule has 0 saturated heterocycles. The fraction of sp³-hybridized carbons (Fsp3) is 0.545. The molecule has 0 bridgehead atoms. The lowest BCUT2D eigenvalue weighted by Crippen LogP contribution is -2.15. The number of aliphatic hydroxyl groups excluding tert-OH is 1. The van der Waals surface area contributed by atoms with Crippen LogP contribution in [0.4, 0.5) is 0 Å². The Labute approximate surface area is 95.1 Å². The molecule has 0 aromatic carbocycles. The third kappa shape index (κ3) is 3.81. The van der Waals surface area contributed by atoms with Gasteiger partial charge in [-0.25, -0.2) is 4.98 Å². The topological polar surface area (TPSA) is 59.1 Å². The summed E-state index contributed by atoms with van der Waals surface area (Å²) >= 11 is 1.57. The summed E-state index contributed by atoms with van der Waals surface area (Å²) in [6.07, 6.45) is 1.42. The molecule has 0 radical (unpaired) electrons. The Morgan fingerprint density at radius 1 is 1.40 bits per heavy atom. The first kappa shape index (κ1) is 12.5. The summed E-state index contributed by atoms with van der Waals surface area (Å²) in [6.45, 7) is 5.71. The normalized spacial score (nSPS) is 17.1. The average molecular weight is 226 g/mol. The highest BCUT2D eigenvalue weighted by molar-refractivity contribution is 7.99. The molecule has 1 heterocycles. The van der Waals surface area contributed by atoms with Gasteiger partial charge in [0.05, 0.1) is 11.1 Å². The van der Waals surface area contributed by atoms with E-state index in [0.717, 1.165) is 10.6 Å². The first-order chi connectivity index (χ1) is 7.00. The van der Waals surface area contributed by atoms with Crippen LogP contribution in [0.15, 0.2) is 23.4 Å². The number of nitrogens with two attached hydrogens (primary N) is 1. The maximum atomic E-state index is 9.39. The van der Waals surface area contributed by atoms with Crippen molar-refractivity contribution < 1.29 is 5.11 Å². The number of nitrogens with zero attached hydrogens (tertiary/aromatic N) is 1. The van der Waals surface area contributed by atoms with Crippen LogP contribution in [0.5, 0.6) is 0 Å². The molecule has 0 aliphatic heterocycles. The Bertz CT molecular complexity index is 315. The third-order valence-corrected chi connectivity index (χ3v) is 3.50. The summed E-state index contributed by atoms with van der Waals surface area (Å²) in [4.78, 5) is 4.24. The van der Waals surface area contributed by atoms with Crippen molar-refractivity contribution in [2.45, 2.75) is 43.2 Å². The van der Waals surface area contributed by atoms with Crippen LogP contribution in [0.25, 0.3) is 0 Å². The van der Waals surface area contributed by atoms with Crippen LogP contribution in [0, 0.1) is 0 Å². The zero-order valence-corrected chi connectivity index (χ0v) is 10.2. The molecular weight excluding hydrogens is 208 g/mol. The van der Waals surface area contributed by atoms with E-state index in [4.69, 9.17) is 5.73 Å². The maximum absolute atomic E-state index is 9.39. The van der Waals surface area contributed by atoms with Crippen LogP contribution in [-0.4, -0.2) is 21.4 Å². The smallest absolute Gasteiger partial charge is 0.0966 e. The summed E-state index contributed by atoms with van der Waals surface area (Å²) in [5.74, 6) is 0. The van der Waals surface area contributed by atoms with Gasteiger partial charge in [-0.05, 0) is 31.5 Å². The predicted octanol–water partition coefficient (Wildman–Crippen LogP) is 1.96. The monoisotopic (exact) mass is 226 g/mol. The molecule has 3 N–H and O–H groups in total. The average Bonchev–Trinajstić information content (AvgIpc) is 2.18. The van der Waals surface area contributed by atoms with Gasteiger partial charge in [0.1, 0.15) is 0 Å². The Morgan fingerprint density at radius 3 is 2.60 bits per heavy atom. The van der Waals surface area contributed by atoms with Crippen molar-refractivity contribution in [3.05, 3.63) is 23.9 Å². The van der Waals surface area contributed by atoms with Gasteiger partial charge in [-0.1, -0.05) is 6.92 Å². The van der Waals surface area contributed by atoms with Crippen molar-refractivity contribution in [1.82, 2.24) is 4.98 Å². The molecule has 0 amide bonds. The molecular formula is C11H18N2OS. The third-order valence-electron chi connectivity index (χ3n) is 2.27. The van der Waals surface area contributed by atoms with Crippen LogP contribution in [-0.2, 0) is 0 Å². The lowest BCUT2D eigenvalue weighted by atomic mass is 10.1. The highest BCUT2D eigenvalue weighted by atomic mass is 32.2. The summed E-state index contributed by atoms with van der Waals surface area (Å²) < 4.78 is 0. The minimum Gasteiger partial charge on any atom is -0.392 e. The Hall–Kier alpha value is -0.580. The first-order valence-electron chi connectivity index (χ1n) is 5.07. The van der Waals surface area contributed by atoms with Gasteiger partial charge in [-0.2, -0.15) is 0 Å². The Morgan fingerprint density at radius 2 is 2.07 bits per heavy atom. The SMILES string of the molecule is CC(O)C(C)Sc1cc([C@@H](C)N)ccn1. The maximum Gasteiger partial charge on any atom is 0.0966 e. The van der Waals surface area contributed by atoms with Crippen LogP contribution < -0.4 is 5.73 Å². The quantitative estimate of drug-likeness (QED) is 0.771. The van der Waals surface area contributed by atoms with Crippen molar-refractivity contribution in [2.24, 2.45) is 5.73 Å². The zero-order valence-electron chi connectivity index (χ0n) is 9.34. The van der Waals surface area contributed by atoms with Crippen molar-refractivity contribution in [3.63, 3.8) is 0 Å². The van der Waals surface area contributed by atoms with E-state index in [9.17, 15) is 5.11 Å². The number of rotatable bonds is 4. The molecule has 0 fully saturated rings. The summed E-state index contributed by atoms with van der Waals surface area (Å²) in [5, 5.41) is 10.4. The molecule has 0 aliphatic carbocycles. The Kier molecular flexibility index (Phi) is 4.57. The van der Waals surface area contributed by atoms with E-state index in [2.05, 4.69) is 4.98 Å². The van der Waals surface area contributed by atoms with Gasteiger partial charge in [-0.15, -0.1) is 11.8 Å². The fourth-order valence-corrected chi connectivity index (χ4v) is 1.97. The lowest BCUT2D eigenvalue weighted by molar-refractivity contribution is 0.196. The van der Waals surface area contributed by atoms with E-state index in [1.807, 2.05) is 26.0 Å². The van der Waals surface area contributed by atoms with Crippen LogP contribution in [0.3, 0.4) is 0 Å². The number of hydrogen-bond acceptors (Lipinski definition) is 4. The highest BCUT2D eigenvalue weighted by Gasteiger charge is 2.11. The van der Waals surface area contributed by atoms with E-state index in [0.29, 0.717) is 0 Å². The summed E-state index contributed by atoms with van der Waals surface area (Å²) in [6, 6.07) is 3.92. The van der Waals surface area contributed by atoms with E-state index in [1.54, 1.807) is 24.9 Å². The van der Waals surface area contributed by atoms with Crippen molar-refractivity contribution in [2.75, 3.05) is 0 Å². The van der Waals surface area contributed by atoms with Crippen molar-refractivity contribution >= 4 is 11.8 Å². The largest absolute Gasteiger partial charge is 0.392 e. The van der Waals surface area contributed by atoms with E-state index >= 15 is 0 Å². The number of aromatic nitrogens is 1. The first-order valence-corrected chi connectivity index (χ1v) is 5.95. The minimum absolute atomic E-state index is 0.0224. The number of pyridine rings is 1. The molecule has 0 spiro atoms. The molecule has 3 nitrogen and oxygen atoms in total. The highest BCUT2D eigenvalue weighted by Crippen LogP contribution is 2.24. The standard InChI is InChI=1S/C11H18N2OS/c1-7(12)10-4-5-13-11(6-10)15-9(3)8(2)14/h4-9,14H,12H2,1-3H3/t7-,8?,9?/m1/s1. The molecule has 4 heteroatoms. The molecule has 2 unspecified atom stereocenters. The number of aliphatic hydroxyl groups is 1. The van der Waals surface area contributed by atoms with Gasteiger partial charge >= 0.3 is 0 Å². The van der Waals surface area contributed by atoms with Gasteiger partial charge in [-0.3, -0.25) is 0 Å². The number of thioether (sulfide) groups is 1. The zero-order chi connectivity index (χ0) is 11.4. The second kappa shape index (κ2) is 5.49. The molecule has 84 valence electrons. The Balaban J connectivity index is 2.73. The van der Waals surface area contributed by atoms with Crippen LogP contribution in [0.1, 0.15) is 32.4 Å². The van der Waals surface area contributed by atoms with E-state index < -0.39 is 0 Å². The van der Waals surface area contributed by atoms with Gasteiger partial charge in [0, 0.05) is 17.5 Å². The van der Waals surface area contributed by atoms with Crippen LogP contribution >= 0.6 is 11.8 Å². The minimum atomic E-state index is -0.337. The summed E-state index contributed by atoms with van der Waals surface area (Å²) in [7, 11) is 0.